The summed E-state index contributed by atoms with van der Waals surface area (Å²) in [7, 11) is 1.64. The van der Waals surface area contributed by atoms with Crippen LogP contribution in [0.15, 0.2) is 4.99 Å². The zero-order valence-electron chi connectivity index (χ0n) is 8.95. The van der Waals surface area contributed by atoms with E-state index in [2.05, 4.69) is 15.6 Å². The molecule has 0 bridgehead atoms. The molecule has 5 nitrogen and oxygen atoms in total. The van der Waals surface area contributed by atoms with Crippen molar-refractivity contribution in [1.82, 2.24) is 10.6 Å². The molecule has 2 N–H and O–H groups in total. The van der Waals surface area contributed by atoms with E-state index in [4.69, 9.17) is 4.74 Å². The van der Waals surface area contributed by atoms with Gasteiger partial charge >= 0.3 is 0 Å². The number of amides is 1. The zero-order chi connectivity index (χ0) is 10.7. The van der Waals surface area contributed by atoms with Gasteiger partial charge in [0, 0.05) is 7.11 Å². The van der Waals surface area contributed by atoms with Gasteiger partial charge in [0.25, 0.3) is 0 Å². The third-order valence-corrected chi connectivity index (χ3v) is 3.00. The monoisotopic (exact) mass is 211 g/mol. The summed E-state index contributed by atoms with van der Waals surface area (Å²) in [5.41, 5.74) is 0. The fourth-order valence-corrected chi connectivity index (χ4v) is 1.88. The van der Waals surface area contributed by atoms with Crippen molar-refractivity contribution in [1.29, 1.82) is 0 Å². The molecule has 1 aliphatic carbocycles. The molecule has 0 aromatic carbocycles. The fourth-order valence-electron chi connectivity index (χ4n) is 1.88. The molecule has 84 valence electrons. The van der Waals surface area contributed by atoms with E-state index < -0.39 is 0 Å². The van der Waals surface area contributed by atoms with Crippen molar-refractivity contribution in [3.05, 3.63) is 0 Å². The first-order valence-electron chi connectivity index (χ1n) is 5.42. The lowest BCUT2D eigenvalue weighted by Crippen LogP contribution is -2.40. The summed E-state index contributed by atoms with van der Waals surface area (Å²) in [5.74, 6) is 1.17. The van der Waals surface area contributed by atoms with Crippen LogP contribution in [0.3, 0.4) is 0 Å². The van der Waals surface area contributed by atoms with Crippen LogP contribution in [0.2, 0.25) is 0 Å². The van der Waals surface area contributed by atoms with E-state index in [-0.39, 0.29) is 11.9 Å². The van der Waals surface area contributed by atoms with Crippen LogP contribution in [-0.2, 0) is 9.53 Å². The molecule has 2 rings (SSSR count). The molecule has 2 fully saturated rings. The molecule has 0 aromatic heterocycles. The summed E-state index contributed by atoms with van der Waals surface area (Å²) >= 11 is 0. The summed E-state index contributed by atoms with van der Waals surface area (Å²) in [6.45, 7) is 1.16. The maximum absolute atomic E-state index is 11.6. The van der Waals surface area contributed by atoms with Crippen LogP contribution in [0.1, 0.15) is 19.3 Å². The van der Waals surface area contributed by atoms with Gasteiger partial charge in [0.1, 0.15) is 6.04 Å². The number of nitrogens with one attached hydrogen (secondary N) is 2. The summed E-state index contributed by atoms with van der Waals surface area (Å²) in [6, 6.07) is -0.0555. The van der Waals surface area contributed by atoms with Crippen LogP contribution in [0.5, 0.6) is 0 Å². The predicted molar refractivity (Wildman–Crippen MR) is 56.6 cm³/mol. The molecule has 1 atom stereocenters. The van der Waals surface area contributed by atoms with Gasteiger partial charge in [0.15, 0.2) is 5.96 Å². The van der Waals surface area contributed by atoms with Gasteiger partial charge in [-0.1, -0.05) is 6.42 Å². The predicted octanol–water partition coefficient (Wildman–Crippen LogP) is -0.123. The number of ether oxygens (including phenoxy) is 1. The Bertz CT molecular complexity index is 274. The van der Waals surface area contributed by atoms with Crippen molar-refractivity contribution in [2.75, 3.05) is 20.3 Å². The molecular weight excluding hydrogens is 194 g/mol. The summed E-state index contributed by atoms with van der Waals surface area (Å²) in [4.78, 5) is 15.8. The van der Waals surface area contributed by atoms with Gasteiger partial charge in [-0.25, -0.2) is 0 Å². The third-order valence-electron chi connectivity index (χ3n) is 3.00. The van der Waals surface area contributed by atoms with Crippen LogP contribution < -0.4 is 10.6 Å². The Hall–Kier alpha value is -1.10. The van der Waals surface area contributed by atoms with E-state index in [0.29, 0.717) is 25.0 Å². The lowest BCUT2D eigenvalue weighted by molar-refractivity contribution is -0.121. The highest BCUT2D eigenvalue weighted by atomic mass is 16.5. The second-order valence-electron chi connectivity index (χ2n) is 4.03. The van der Waals surface area contributed by atoms with E-state index >= 15 is 0 Å². The van der Waals surface area contributed by atoms with E-state index in [1.807, 2.05) is 0 Å². The van der Waals surface area contributed by atoms with Gasteiger partial charge in [-0.3, -0.25) is 15.1 Å². The van der Waals surface area contributed by atoms with Gasteiger partial charge in [0.05, 0.1) is 13.2 Å². The molecule has 1 saturated carbocycles. The van der Waals surface area contributed by atoms with Crippen molar-refractivity contribution in [3.8, 4) is 0 Å². The summed E-state index contributed by atoms with van der Waals surface area (Å²) < 4.78 is 4.89. The Labute approximate surface area is 89.3 Å². The summed E-state index contributed by atoms with van der Waals surface area (Å²) in [5, 5.41) is 5.89. The van der Waals surface area contributed by atoms with Crippen molar-refractivity contribution in [2.45, 2.75) is 25.3 Å². The molecule has 15 heavy (non-hydrogen) atoms. The largest absolute Gasteiger partial charge is 0.383 e. The quantitative estimate of drug-likeness (QED) is 0.637. The number of rotatable bonds is 4. The minimum Gasteiger partial charge on any atom is -0.383 e. The van der Waals surface area contributed by atoms with Gasteiger partial charge in [-0.2, -0.15) is 0 Å². The van der Waals surface area contributed by atoms with E-state index in [9.17, 15) is 4.79 Å². The Morgan fingerprint density at radius 3 is 2.93 bits per heavy atom. The molecule has 0 aromatic rings. The Kier molecular flexibility index (Phi) is 3.20. The Balaban J connectivity index is 1.85. The second kappa shape index (κ2) is 4.61. The number of carbonyl (C=O) groups is 1. The van der Waals surface area contributed by atoms with Crippen LogP contribution in [0, 0.1) is 5.92 Å². The lowest BCUT2D eigenvalue weighted by atomic mass is 9.80. The van der Waals surface area contributed by atoms with Crippen molar-refractivity contribution < 1.29 is 9.53 Å². The maximum atomic E-state index is 11.6. The smallest absolute Gasteiger partial charge is 0.249 e. The third kappa shape index (κ3) is 2.28. The molecular formula is C10H17N3O2. The zero-order valence-corrected chi connectivity index (χ0v) is 8.95. The molecule has 1 heterocycles. The number of nitrogens with zero attached hydrogens (tertiary/aromatic N) is 1. The molecule has 1 amide bonds. The molecule has 2 aliphatic rings. The number of aliphatic imine (C=N–C) groups is 1. The van der Waals surface area contributed by atoms with Gasteiger partial charge in [-0.05, 0) is 18.8 Å². The minimum absolute atomic E-state index is 0.0555. The number of guanidine groups is 1. The number of carbonyl (C=O) groups excluding carboxylic acids is 1. The molecule has 1 saturated heterocycles. The Morgan fingerprint density at radius 2 is 2.33 bits per heavy atom. The van der Waals surface area contributed by atoms with Crippen LogP contribution in [0.25, 0.3) is 0 Å². The first-order valence-corrected chi connectivity index (χ1v) is 5.42. The van der Waals surface area contributed by atoms with Gasteiger partial charge in [-0.15, -0.1) is 0 Å². The molecule has 0 radical (unpaired) electrons. The highest BCUT2D eigenvalue weighted by molar-refractivity contribution is 6.06. The highest BCUT2D eigenvalue weighted by Crippen LogP contribution is 2.30. The lowest BCUT2D eigenvalue weighted by Gasteiger charge is -2.29. The van der Waals surface area contributed by atoms with Crippen molar-refractivity contribution >= 4 is 11.9 Å². The highest BCUT2D eigenvalue weighted by Gasteiger charge is 2.37. The molecule has 1 aliphatic heterocycles. The van der Waals surface area contributed by atoms with Crippen molar-refractivity contribution in [2.24, 2.45) is 10.9 Å². The van der Waals surface area contributed by atoms with Crippen molar-refractivity contribution in [3.63, 3.8) is 0 Å². The van der Waals surface area contributed by atoms with E-state index in [0.717, 1.165) is 12.8 Å². The van der Waals surface area contributed by atoms with Gasteiger partial charge < -0.3 is 10.1 Å². The van der Waals surface area contributed by atoms with Crippen LogP contribution >= 0.6 is 0 Å². The fraction of sp³-hybridized carbons (Fsp3) is 0.800. The molecule has 1 unspecified atom stereocenters. The SMILES string of the molecule is COCCN=C1NC(=O)C(C2CCC2)N1. The average Bonchev–Trinajstić information content (AvgIpc) is 2.46. The topological polar surface area (TPSA) is 62.7 Å². The molecule has 0 spiro atoms. The number of methoxy groups -OCH3 is 1. The number of hydrogen-bond donors (Lipinski definition) is 2. The number of hydrogen-bond acceptors (Lipinski definition) is 3. The van der Waals surface area contributed by atoms with E-state index in [1.165, 1.54) is 6.42 Å². The molecule has 5 heteroatoms. The first kappa shape index (κ1) is 10.4. The van der Waals surface area contributed by atoms with Gasteiger partial charge in [0.2, 0.25) is 5.91 Å². The first-order chi connectivity index (χ1) is 7.31. The second-order valence-corrected chi connectivity index (χ2v) is 4.03. The summed E-state index contributed by atoms with van der Waals surface area (Å²) in [6.07, 6.45) is 3.54. The standard InChI is InChI=1S/C10H17N3O2/c1-15-6-5-11-10-12-8(9(14)13-10)7-3-2-4-7/h7-8H,2-6H2,1H3,(H2,11,12,13,14). The normalized spacial score (nSPS) is 28.7. The van der Waals surface area contributed by atoms with Crippen LogP contribution in [0.4, 0.5) is 0 Å². The van der Waals surface area contributed by atoms with E-state index in [1.54, 1.807) is 7.11 Å². The average molecular weight is 211 g/mol. The maximum Gasteiger partial charge on any atom is 0.249 e. The van der Waals surface area contributed by atoms with Crippen LogP contribution in [-0.4, -0.2) is 38.2 Å². The minimum atomic E-state index is -0.0555. The Morgan fingerprint density at radius 1 is 1.53 bits per heavy atom.